The van der Waals surface area contributed by atoms with Crippen LogP contribution in [-0.4, -0.2) is 55.1 Å². The summed E-state index contributed by atoms with van der Waals surface area (Å²) in [6, 6.07) is 4.40. The summed E-state index contributed by atoms with van der Waals surface area (Å²) >= 11 is 0. The number of aryl methyl sites for hydroxylation is 1. The fourth-order valence-electron chi connectivity index (χ4n) is 3.22. The normalized spacial score (nSPS) is 17.8. The molecule has 3 rings (SSSR count). The number of aromatic nitrogens is 2. The molecule has 1 aliphatic rings. The molecule has 0 amide bonds. The molecule has 8 nitrogen and oxygen atoms in total. The quantitative estimate of drug-likeness (QED) is 0.722. The van der Waals surface area contributed by atoms with Gasteiger partial charge < -0.3 is 19.4 Å². The summed E-state index contributed by atoms with van der Waals surface area (Å²) < 4.78 is 41.3. The van der Waals surface area contributed by atoms with Crippen molar-refractivity contribution >= 4 is 22.4 Å². The Bertz CT molecular complexity index is 887. The van der Waals surface area contributed by atoms with Gasteiger partial charge in [-0.25, -0.2) is 13.4 Å². The monoisotopic (exact) mass is 430 g/mol. The smallest absolute Gasteiger partial charge is 0.243 e. The molecule has 2 heterocycles. The van der Waals surface area contributed by atoms with Crippen molar-refractivity contribution < 1.29 is 17.9 Å². The maximum absolute atomic E-state index is 13.4. The molecule has 2 aromatic rings. The highest BCUT2D eigenvalue weighted by atomic mass is 35.5. The highest BCUT2D eigenvalue weighted by Gasteiger charge is 2.36. The van der Waals surface area contributed by atoms with E-state index in [9.17, 15) is 8.42 Å². The number of nitrogens with one attached hydrogen (secondary N) is 1. The number of nitrogens with zero attached hydrogens (tertiary/aromatic N) is 3. The molecule has 0 spiro atoms. The third-order valence-corrected chi connectivity index (χ3v) is 6.38. The zero-order valence-electron chi connectivity index (χ0n) is 16.3. The summed E-state index contributed by atoms with van der Waals surface area (Å²) in [5, 5.41) is 3.26. The summed E-state index contributed by atoms with van der Waals surface area (Å²) in [5.74, 6) is 1.69. The SMILES string of the molecule is CCOc1ccc(S(=O)(=O)N2CCNCC2c2nccn2C)cc1OCC.Cl. The number of rotatable bonds is 7. The minimum absolute atomic E-state index is 0. The van der Waals surface area contributed by atoms with Crippen LogP contribution < -0.4 is 14.8 Å². The molecular weight excluding hydrogens is 404 g/mol. The third-order valence-electron chi connectivity index (χ3n) is 4.47. The van der Waals surface area contributed by atoms with Gasteiger partial charge in [-0.05, 0) is 26.0 Å². The average molecular weight is 431 g/mol. The number of ether oxygens (including phenoxy) is 2. The minimum Gasteiger partial charge on any atom is -0.490 e. The van der Waals surface area contributed by atoms with E-state index >= 15 is 0 Å². The van der Waals surface area contributed by atoms with Crippen LogP contribution >= 0.6 is 12.4 Å². The molecule has 0 saturated carbocycles. The number of piperazine rings is 1. The molecule has 0 aliphatic carbocycles. The second-order valence-corrected chi connectivity index (χ2v) is 8.10. The number of hydrogen-bond acceptors (Lipinski definition) is 6. The number of benzene rings is 1. The van der Waals surface area contributed by atoms with Crippen LogP contribution in [0.15, 0.2) is 35.5 Å². The lowest BCUT2D eigenvalue weighted by Crippen LogP contribution is -2.49. The van der Waals surface area contributed by atoms with Gasteiger partial charge in [-0.3, -0.25) is 0 Å². The topological polar surface area (TPSA) is 85.7 Å². The molecule has 1 saturated heterocycles. The highest BCUT2D eigenvalue weighted by molar-refractivity contribution is 7.89. The first-order valence-corrected chi connectivity index (χ1v) is 10.5. The van der Waals surface area contributed by atoms with Gasteiger partial charge in [-0.2, -0.15) is 4.31 Å². The van der Waals surface area contributed by atoms with Crippen LogP contribution in [0.3, 0.4) is 0 Å². The molecule has 10 heteroatoms. The van der Waals surface area contributed by atoms with E-state index in [1.165, 1.54) is 4.31 Å². The minimum atomic E-state index is -3.72. The highest BCUT2D eigenvalue weighted by Crippen LogP contribution is 2.34. The second-order valence-electron chi connectivity index (χ2n) is 6.21. The Morgan fingerprint density at radius 2 is 1.93 bits per heavy atom. The lowest BCUT2D eigenvalue weighted by Gasteiger charge is -2.34. The summed E-state index contributed by atoms with van der Waals surface area (Å²) in [5.41, 5.74) is 0. The van der Waals surface area contributed by atoms with Crippen molar-refractivity contribution in [2.45, 2.75) is 24.8 Å². The lowest BCUT2D eigenvalue weighted by molar-refractivity contribution is 0.258. The molecule has 1 aliphatic heterocycles. The van der Waals surface area contributed by atoms with Gasteiger partial charge in [0, 0.05) is 45.1 Å². The van der Waals surface area contributed by atoms with Gasteiger partial charge >= 0.3 is 0 Å². The Balaban J connectivity index is 0.00000280. The molecule has 1 aromatic carbocycles. The Labute approximate surface area is 172 Å². The fraction of sp³-hybridized carbons (Fsp3) is 0.500. The molecular formula is C18H27ClN4O4S. The Kier molecular flexibility index (Phi) is 7.70. The molecule has 1 atom stereocenters. The van der Waals surface area contributed by atoms with E-state index in [1.54, 1.807) is 24.4 Å². The molecule has 1 unspecified atom stereocenters. The van der Waals surface area contributed by atoms with E-state index < -0.39 is 10.0 Å². The van der Waals surface area contributed by atoms with E-state index in [0.29, 0.717) is 50.2 Å². The van der Waals surface area contributed by atoms with Crippen LogP contribution in [0, 0.1) is 0 Å². The first-order valence-electron chi connectivity index (χ1n) is 9.08. The zero-order chi connectivity index (χ0) is 19.4. The number of sulfonamides is 1. The average Bonchev–Trinajstić information content (AvgIpc) is 3.09. The summed E-state index contributed by atoms with van der Waals surface area (Å²) in [4.78, 5) is 4.54. The van der Waals surface area contributed by atoms with Gasteiger partial charge in [-0.15, -0.1) is 12.4 Å². The number of halogens is 1. The standard InChI is InChI=1S/C18H26N4O4S.ClH/c1-4-25-16-7-6-14(12-17(16)26-5-2)27(23,24)22-11-8-19-13-15(22)18-20-9-10-21(18)3;/h6-7,9-10,12,15,19H,4-5,8,11,13H2,1-3H3;1H. The third kappa shape index (κ3) is 4.43. The van der Waals surface area contributed by atoms with Crippen LogP contribution in [-0.2, 0) is 17.1 Å². The molecule has 28 heavy (non-hydrogen) atoms. The molecule has 1 fully saturated rings. The summed E-state index contributed by atoms with van der Waals surface area (Å²) in [6.45, 7) is 6.10. The van der Waals surface area contributed by atoms with E-state index in [4.69, 9.17) is 9.47 Å². The van der Waals surface area contributed by atoms with Gasteiger partial charge in [0.25, 0.3) is 0 Å². The van der Waals surface area contributed by atoms with Crippen molar-refractivity contribution in [3.63, 3.8) is 0 Å². The van der Waals surface area contributed by atoms with Gasteiger partial charge in [0.15, 0.2) is 11.5 Å². The lowest BCUT2D eigenvalue weighted by atomic mass is 10.2. The van der Waals surface area contributed by atoms with Crippen LogP contribution in [0.1, 0.15) is 25.7 Å². The van der Waals surface area contributed by atoms with Crippen molar-refractivity contribution in [1.82, 2.24) is 19.2 Å². The second kappa shape index (κ2) is 9.60. The van der Waals surface area contributed by atoms with Gasteiger partial charge in [0.05, 0.1) is 24.2 Å². The van der Waals surface area contributed by atoms with Crippen LogP contribution in [0.5, 0.6) is 11.5 Å². The van der Waals surface area contributed by atoms with Gasteiger partial charge in [0.1, 0.15) is 5.82 Å². The Hall–Kier alpha value is -1.81. The maximum Gasteiger partial charge on any atom is 0.243 e. The van der Waals surface area contributed by atoms with Crippen LogP contribution in [0.4, 0.5) is 0 Å². The van der Waals surface area contributed by atoms with Crippen LogP contribution in [0.2, 0.25) is 0 Å². The van der Waals surface area contributed by atoms with Crippen molar-refractivity contribution in [3.8, 4) is 11.5 Å². The van der Waals surface area contributed by atoms with E-state index in [2.05, 4.69) is 10.3 Å². The van der Waals surface area contributed by atoms with E-state index in [-0.39, 0.29) is 23.3 Å². The van der Waals surface area contributed by atoms with E-state index in [1.807, 2.05) is 31.7 Å². The van der Waals surface area contributed by atoms with Crippen molar-refractivity contribution in [3.05, 3.63) is 36.4 Å². The largest absolute Gasteiger partial charge is 0.490 e. The maximum atomic E-state index is 13.4. The predicted molar refractivity (Wildman–Crippen MR) is 109 cm³/mol. The summed E-state index contributed by atoms with van der Waals surface area (Å²) in [6.07, 6.45) is 3.50. The van der Waals surface area contributed by atoms with Crippen molar-refractivity contribution in [2.24, 2.45) is 7.05 Å². The van der Waals surface area contributed by atoms with Gasteiger partial charge in [0.2, 0.25) is 10.0 Å². The zero-order valence-corrected chi connectivity index (χ0v) is 17.9. The Morgan fingerprint density at radius 3 is 2.57 bits per heavy atom. The molecule has 1 aromatic heterocycles. The van der Waals surface area contributed by atoms with Gasteiger partial charge in [-0.1, -0.05) is 0 Å². The number of hydrogen-bond donors (Lipinski definition) is 1. The first kappa shape index (κ1) is 22.5. The van der Waals surface area contributed by atoms with E-state index in [0.717, 1.165) is 0 Å². The van der Waals surface area contributed by atoms with Crippen molar-refractivity contribution in [2.75, 3.05) is 32.8 Å². The molecule has 0 radical (unpaired) electrons. The van der Waals surface area contributed by atoms with Crippen LogP contribution in [0.25, 0.3) is 0 Å². The first-order chi connectivity index (χ1) is 13.0. The summed E-state index contributed by atoms with van der Waals surface area (Å²) in [7, 11) is -1.86. The van der Waals surface area contributed by atoms with Crippen molar-refractivity contribution in [1.29, 1.82) is 0 Å². The number of imidazole rings is 1. The molecule has 1 N–H and O–H groups in total. The molecule has 156 valence electrons. The molecule has 0 bridgehead atoms. The fourth-order valence-corrected chi connectivity index (χ4v) is 4.82. The predicted octanol–water partition coefficient (Wildman–Crippen LogP) is 1.97. The Morgan fingerprint density at radius 1 is 1.21 bits per heavy atom.